The molecule has 1 aliphatic carbocycles. The van der Waals surface area contributed by atoms with Gasteiger partial charge in [-0.1, -0.05) is 35.9 Å². The summed E-state index contributed by atoms with van der Waals surface area (Å²) in [6.07, 6.45) is 2.15. The molecule has 0 aliphatic heterocycles. The van der Waals surface area contributed by atoms with Crippen molar-refractivity contribution in [2.24, 2.45) is 0 Å². The van der Waals surface area contributed by atoms with Crippen molar-refractivity contribution in [1.29, 1.82) is 5.26 Å². The molecule has 0 heterocycles. The fourth-order valence-corrected chi connectivity index (χ4v) is 2.58. The second-order valence-corrected chi connectivity index (χ2v) is 6.06. The third-order valence-corrected chi connectivity index (χ3v) is 4.22. The van der Waals surface area contributed by atoms with E-state index in [0.717, 1.165) is 29.7 Å². The molecule has 0 unspecified atom stereocenters. The van der Waals surface area contributed by atoms with Gasteiger partial charge < -0.3 is 5.32 Å². The highest BCUT2D eigenvalue weighted by molar-refractivity contribution is 6.30. The van der Waals surface area contributed by atoms with Crippen LogP contribution in [0.15, 0.2) is 48.5 Å². The minimum Gasteiger partial charge on any atom is -0.326 e. The van der Waals surface area contributed by atoms with Crippen LogP contribution in [0.5, 0.6) is 0 Å². The molecule has 0 bridgehead atoms. The van der Waals surface area contributed by atoms with Crippen molar-refractivity contribution in [2.75, 3.05) is 5.32 Å². The molecule has 4 heteroatoms. The van der Waals surface area contributed by atoms with Crippen molar-refractivity contribution in [3.63, 3.8) is 0 Å². The van der Waals surface area contributed by atoms with E-state index in [1.54, 1.807) is 12.1 Å². The van der Waals surface area contributed by atoms with Gasteiger partial charge >= 0.3 is 0 Å². The number of nitrogens with one attached hydrogen (secondary N) is 1. The first kappa shape index (κ1) is 14.6. The molecule has 1 saturated carbocycles. The van der Waals surface area contributed by atoms with Gasteiger partial charge in [-0.3, -0.25) is 4.79 Å². The van der Waals surface area contributed by atoms with Crippen LogP contribution in [-0.4, -0.2) is 5.91 Å². The van der Waals surface area contributed by atoms with Crippen LogP contribution < -0.4 is 5.32 Å². The number of nitrogens with zero attached hydrogens (tertiary/aromatic N) is 1. The van der Waals surface area contributed by atoms with E-state index in [1.807, 2.05) is 36.4 Å². The normalized spacial score (nSPS) is 14.9. The summed E-state index contributed by atoms with van der Waals surface area (Å²) in [5.41, 5.74) is 2.41. The topological polar surface area (TPSA) is 52.9 Å². The number of hydrogen-bond donors (Lipinski definition) is 1. The molecule has 3 nitrogen and oxygen atoms in total. The lowest BCUT2D eigenvalue weighted by molar-refractivity contribution is -0.115. The number of halogens is 1. The molecule has 110 valence electrons. The summed E-state index contributed by atoms with van der Waals surface area (Å²) in [5, 5.41) is 12.7. The summed E-state index contributed by atoms with van der Waals surface area (Å²) in [6.45, 7) is 0. The Morgan fingerprint density at radius 2 is 1.77 bits per heavy atom. The molecule has 0 atom stereocenters. The van der Waals surface area contributed by atoms with Gasteiger partial charge in [-0.05, 0) is 48.2 Å². The second kappa shape index (κ2) is 5.82. The van der Waals surface area contributed by atoms with Crippen LogP contribution in [-0.2, 0) is 16.6 Å². The minimum absolute atomic E-state index is 0.0727. The van der Waals surface area contributed by atoms with Crippen LogP contribution in [0.25, 0.3) is 0 Å². The lowest BCUT2D eigenvalue weighted by Gasteiger charge is -2.09. The third-order valence-electron chi connectivity index (χ3n) is 3.96. The van der Waals surface area contributed by atoms with Crippen LogP contribution in [0.4, 0.5) is 5.69 Å². The number of anilines is 1. The average molecular weight is 311 g/mol. The van der Waals surface area contributed by atoms with Crippen molar-refractivity contribution in [1.82, 2.24) is 0 Å². The molecule has 0 aromatic heterocycles. The molecular formula is C18H15ClN2O. The number of carbonyl (C=O) groups is 1. The molecule has 22 heavy (non-hydrogen) atoms. The minimum atomic E-state index is -0.286. The monoisotopic (exact) mass is 310 g/mol. The number of hydrogen-bond acceptors (Lipinski definition) is 2. The van der Waals surface area contributed by atoms with Crippen molar-refractivity contribution < 1.29 is 4.79 Å². The second-order valence-electron chi connectivity index (χ2n) is 5.62. The van der Waals surface area contributed by atoms with E-state index in [0.29, 0.717) is 11.4 Å². The van der Waals surface area contributed by atoms with Crippen molar-refractivity contribution in [2.45, 2.75) is 24.7 Å². The van der Waals surface area contributed by atoms with Gasteiger partial charge in [-0.15, -0.1) is 0 Å². The fourth-order valence-electron chi connectivity index (χ4n) is 2.46. The maximum atomic E-state index is 12.0. The zero-order valence-corrected chi connectivity index (χ0v) is 12.7. The van der Waals surface area contributed by atoms with Crippen LogP contribution in [0, 0.1) is 11.3 Å². The van der Waals surface area contributed by atoms with Crippen LogP contribution in [0.1, 0.15) is 24.0 Å². The predicted molar refractivity (Wildman–Crippen MR) is 86.8 cm³/mol. The highest BCUT2D eigenvalue weighted by atomic mass is 35.5. The highest BCUT2D eigenvalue weighted by Gasteiger charge is 2.44. The largest absolute Gasteiger partial charge is 0.326 e. The van der Waals surface area contributed by atoms with Gasteiger partial charge in [0.1, 0.15) is 0 Å². The number of amides is 1. The SMILES string of the molecule is N#CC1(c2ccc(NC(=O)Cc3ccc(Cl)cc3)cc2)CC1. The first-order valence-electron chi connectivity index (χ1n) is 7.17. The van der Waals surface area contributed by atoms with Gasteiger partial charge in [-0.25, -0.2) is 0 Å². The number of benzene rings is 2. The molecule has 3 rings (SSSR count). The maximum absolute atomic E-state index is 12.0. The van der Waals surface area contributed by atoms with Gasteiger partial charge in [0, 0.05) is 10.7 Å². The fraction of sp³-hybridized carbons (Fsp3) is 0.222. The van der Waals surface area contributed by atoms with Crippen molar-refractivity contribution in [3.8, 4) is 6.07 Å². The number of rotatable bonds is 4. The molecule has 1 N–H and O–H groups in total. The Morgan fingerprint density at radius 3 is 2.32 bits per heavy atom. The molecule has 2 aromatic carbocycles. The van der Waals surface area contributed by atoms with E-state index >= 15 is 0 Å². The lowest BCUT2D eigenvalue weighted by atomic mass is 9.98. The van der Waals surface area contributed by atoms with E-state index in [-0.39, 0.29) is 11.3 Å². The molecule has 2 aromatic rings. The van der Waals surface area contributed by atoms with E-state index in [2.05, 4.69) is 11.4 Å². The van der Waals surface area contributed by atoms with E-state index in [1.165, 1.54) is 0 Å². The summed E-state index contributed by atoms with van der Waals surface area (Å²) in [5.74, 6) is -0.0727. The Labute approximate surface area is 134 Å². The average Bonchev–Trinajstić information content (AvgIpc) is 3.31. The van der Waals surface area contributed by atoms with E-state index < -0.39 is 0 Å². The maximum Gasteiger partial charge on any atom is 0.228 e. The van der Waals surface area contributed by atoms with Crippen LogP contribution >= 0.6 is 11.6 Å². The summed E-state index contributed by atoms with van der Waals surface area (Å²) >= 11 is 5.82. The highest BCUT2D eigenvalue weighted by Crippen LogP contribution is 2.47. The Hall–Kier alpha value is -2.31. The Bertz CT molecular complexity index is 725. The molecule has 0 spiro atoms. The molecule has 1 amide bonds. The van der Waals surface area contributed by atoms with Crippen molar-refractivity contribution >= 4 is 23.2 Å². The van der Waals surface area contributed by atoms with E-state index in [9.17, 15) is 10.1 Å². The van der Waals surface area contributed by atoms with E-state index in [4.69, 9.17) is 11.6 Å². The zero-order valence-electron chi connectivity index (χ0n) is 12.0. The molecule has 0 saturated heterocycles. The quantitative estimate of drug-likeness (QED) is 0.925. The van der Waals surface area contributed by atoms with Gasteiger partial charge in [0.05, 0.1) is 17.9 Å². The first-order chi connectivity index (χ1) is 10.6. The summed E-state index contributed by atoms with van der Waals surface area (Å²) in [4.78, 5) is 12.0. The van der Waals surface area contributed by atoms with Crippen LogP contribution in [0.2, 0.25) is 5.02 Å². The van der Waals surface area contributed by atoms with Crippen LogP contribution in [0.3, 0.4) is 0 Å². The number of carbonyl (C=O) groups excluding carboxylic acids is 1. The summed E-state index contributed by atoms with van der Waals surface area (Å²) in [6, 6.07) is 17.2. The van der Waals surface area contributed by atoms with Gasteiger partial charge in [0.2, 0.25) is 5.91 Å². The summed E-state index contributed by atoms with van der Waals surface area (Å²) in [7, 11) is 0. The lowest BCUT2D eigenvalue weighted by Crippen LogP contribution is -2.14. The molecule has 1 aliphatic rings. The van der Waals surface area contributed by atoms with Crippen molar-refractivity contribution in [3.05, 3.63) is 64.7 Å². The van der Waals surface area contributed by atoms with Gasteiger partial charge in [0.15, 0.2) is 0 Å². The Kier molecular flexibility index (Phi) is 3.87. The molecule has 1 fully saturated rings. The standard InChI is InChI=1S/C18H15ClN2O/c19-15-5-1-13(2-6-15)11-17(22)21-16-7-3-14(4-8-16)18(12-20)9-10-18/h1-8H,9-11H2,(H,21,22). The third kappa shape index (κ3) is 3.13. The molecular weight excluding hydrogens is 296 g/mol. The predicted octanol–water partition coefficient (Wildman–Crippen LogP) is 4.08. The number of nitriles is 1. The molecule has 0 radical (unpaired) electrons. The smallest absolute Gasteiger partial charge is 0.228 e. The summed E-state index contributed by atoms with van der Waals surface area (Å²) < 4.78 is 0. The zero-order chi connectivity index (χ0) is 15.6. The van der Waals surface area contributed by atoms with Gasteiger partial charge in [0.25, 0.3) is 0 Å². The Balaban J connectivity index is 1.62. The van der Waals surface area contributed by atoms with Gasteiger partial charge in [-0.2, -0.15) is 5.26 Å². The first-order valence-corrected chi connectivity index (χ1v) is 7.55. The Morgan fingerprint density at radius 1 is 1.14 bits per heavy atom.